The number of hydrogen-bond donors (Lipinski definition) is 1. The molecule has 1 aromatic rings. The third kappa shape index (κ3) is 2.07. The van der Waals surface area contributed by atoms with Gasteiger partial charge < -0.3 is 5.32 Å². The zero-order chi connectivity index (χ0) is 12.6. The fraction of sp³-hybridized carbons (Fsp3) is 0.600. The number of rotatable bonds is 2. The lowest BCUT2D eigenvalue weighted by atomic mass is 9.68. The van der Waals surface area contributed by atoms with Crippen molar-refractivity contribution in [1.82, 2.24) is 5.32 Å². The predicted molar refractivity (Wildman–Crippen MR) is 77.6 cm³/mol. The topological polar surface area (TPSA) is 12.0 Å². The van der Waals surface area contributed by atoms with Crippen molar-refractivity contribution in [2.45, 2.75) is 37.5 Å². The van der Waals surface area contributed by atoms with E-state index >= 15 is 0 Å². The fourth-order valence-corrected chi connectivity index (χ4v) is 4.17. The molecule has 98 valence electrons. The van der Waals surface area contributed by atoms with E-state index in [2.05, 4.69) is 17.4 Å². The normalized spacial score (nSPS) is 26.7. The summed E-state index contributed by atoms with van der Waals surface area (Å²) in [5, 5.41) is 4.88. The molecule has 1 nitrogen and oxygen atoms in total. The van der Waals surface area contributed by atoms with Crippen LogP contribution in [-0.2, 0) is 5.41 Å². The number of hydrogen-bond acceptors (Lipinski definition) is 1. The van der Waals surface area contributed by atoms with E-state index in [1.54, 1.807) is 0 Å². The van der Waals surface area contributed by atoms with Gasteiger partial charge in [0.15, 0.2) is 0 Å². The molecule has 1 aromatic carbocycles. The van der Waals surface area contributed by atoms with Crippen molar-refractivity contribution in [3.63, 3.8) is 0 Å². The molecule has 1 heterocycles. The summed E-state index contributed by atoms with van der Waals surface area (Å²) >= 11 is 12.3. The Morgan fingerprint density at radius 3 is 2.50 bits per heavy atom. The average Bonchev–Trinajstić information content (AvgIpc) is 3.01. The van der Waals surface area contributed by atoms with Crippen molar-refractivity contribution in [1.29, 1.82) is 0 Å². The molecule has 3 rings (SSSR count). The van der Waals surface area contributed by atoms with Crippen LogP contribution in [0.5, 0.6) is 0 Å². The molecule has 2 fully saturated rings. The second-order valence-corrected chi connectivity index (χ2v) is 6.50. The first-order valence-electron chi connectivity index (χ1n) is 6.89. The van der Waals surface area contributed by atoms with E-state index in [0.717, 1.165) is 19.0 Å². The summed E-state index contributed by atoms with van der Waals surface area (Å²) in [7, 11) is 0. The average molecular weight is 284 g/mol. The van der Waals surface area contributed by atoms with Crippen LogP contribution in [0.2, 0.25) is 10.0 Å². The zero-order valence-electron chi connectivity index (χ0n) is 10.5. The van der Waals surface area contributed by atoms with Crippen LogP contribution in [0.4, 0.5) is 0 Å². The minimum absolute atomic E-state index is 0.345. The molecule has 0 amide bonds. The van der Waals surface area contributed by atoms with E-state index in [-0.39, 0.29) is 0 Å². The molecule has 3 heteroatoms. The van der Waals surface area contributed by atoms with Gasteiger partial charge >= 0.3 is 0 Å². The molecule has 1 saturated heterocycles. The minimum Gasteiger partial charge on any atom is -0.316 e. The van der Waals surface area contributed by atoms with E-state index in [0.29, 0.717) is 15.5 Å². The van der Waals surface area contributed by atoms with Crippen molar-refractivity contribution >= 4 is 23.2 Å². The maximum Gasteiger partial charge on any atom is 0.0595 e. The van der Waals surface area contributed by atoms with Crippen molar-refractivity contribution in [2.75, 3.05) is 13.1 Å². The molecule has 18 heavy (non-hydrogen) atoms. The summed E-state index contributed by atoms with van der Waals surface area (Å²) in [6, 6.07) is 6.26. The van der Waals surface area contributed by atoms with Crippen LogP contribution in [0.1, 0.15) is 37.7 Å². The van der Waals surface area contributed by atoms with Gasteiger partial charge in [0.2, 0.25) is 0 Å². The summed E-state index contributed by atoms with van der Waals surface area (Å²) in [5.41, 5.74) is 1.75. The Morgan fingerprint density at radius 2 is 1.89 bits per heavy atom. The lowest BCUT2D eigenvalue weighted by Gasteiger charge is -2.36. The highest BCUT2D eigenvalue weighted by molar-refractivity contribution is 6.42. The third-order valence-corrected chi connectivity index (χ3v) is 5.57. The molecule has 1 saturated carbocycles. The van der Waals surface area contributed by atoms with Gasteiger partial charge in [-0.2, -0.15) is 0 Å². The van der Waals surface area contributed by atoms with Crippen LogP contribution in [0.25, 0.3) is 0 Å². The van der Waals surface area contributed by atoms with Crippen LogP contribution >= 0.6 is 23.2 Å². The van der Waals surface area contributed by atoms with Gasteiger partial charge in [-0.1, -0.05) is 42.1 Å². The second kappa shape index (κ2) is 5.03. The van der Waals surface area contributed by atoms with Gasteiger partial charge in [0, 0.05) is 0 Å². The minimum atomic E-state index is 0.345. The summed E-state index contributed by atoms with van der Waals surface area (Å²) in [5.74, 6) is 0.761. The van der Waals surface area contributed by atoms with Gasteiger partial charge in [-0.05, 0) is 61.4 Å². The Kier molecular flexibility index (Phi) is 3.57. The maximum absolute atomic E-state index is 6.21. The first-order chi connectivity index (χ1) is 8.72. The standard InChI is InChI=1S/C15H19Cl2N/c16-13-4-3-11(9-14(13)17)15(6-1-2-7-15)12-5-8-18-10-12/h3-4,9,12,18H,1-2,5-8,10H2/t12-/m1/s1. The van der Waals surface area contributed by atoms with Crippen molar-refractivity contribution in [2.24, 2.45) is 5.92 Å². The summed E-state index contributed by atoms with van der Waals surface area (Å²) in [6.07, 6.45) is 6.59. The zero-order valence-corrected chi connectivity index (χ0v) is 12.0. The van der Waals surface area contributed by atoms with E-state index in [1.165, 1.54) is 37.7 Å². The lowest BCUT2D eigenvalue weighted by Crippen LogP contribution is -2.33. The molecular formula is C15H19Cl2N. The molecule has 0 bridgehead atoms. The van der Waals surface area contributed by atoms with Gasteiger partial charge in [-0.3, -0.25) is 0 Å². The molecule has 0 aromatic heterocycles. The fourth-order valence-electron chi connectivity index (χ4n) is 3.87. The molecular weight excluding hydrogens is 265 g/mol. The van der Waals surface area contributed by atoms with Crippen LogP contribution in [-0.4, -0.2) is 13.1 Å². The highest BCUT2D eigenvalue weighted by Crippen LogP contribution is 2.49. The van der Waals surface area contributed by atoms with Crippen LogP contribution in [0.15, 0.2) is 18.2 Å². The van der Waals surface area contributed by atoms with Crippen molar-refractivity contribution in [3.8, 4) is 0 Å². The van der Waals surface area contributed by atoms with Crippen LogP contribution in [0, 0.1) is 5.92 Å². The highest BCUT2D eigenvalue weighted by Gasteiger charge is 2.43. The Labute approximate surface area is 119 Å². The summed E-state index contributed by atoms with van der Waals surface area (Å²) in [4.78, 5) is 0. The van der Waals surface area contributed by atoms with E-state index in [4.69, 9.17) is 23.2 Å². The first-order valence-corrected chi connectivity index (χ1v) is 7.64. The lowest BCUT2D eigenvalue weighted by molar-refractivity contribution is 0.291. The van der Waals surface area contributed by atoms with Crippen molar-refractivity contribution in [3.05, 3.63) is 33.8 Å². The second-order valence-electron chi connectivity index (χ2n) is 5.68. The Morgan fingerprint density at radius 1 is 1.11 bits per heavy atom. The Balaban J connectivity index is 2.00. The number of halogens is 2. The predicted octanol–water partition coefficient (Wildman–Crippen LogP) is 4.41. The van der Waals surface area contributed by atoms with Crippen LogP contribution in [0.3, 0.4) is 0 Å². The van der Waals surface area contributed by atoms with Gasteiger partial charge in [0.1, 0.15) is 0 Å². The molecule has 0 unspecified atom stereocenters. The van der Waals surface area contributed by atoms with E-state index < -0.39 is 0 Å². The highest BCUT2D eigenvalue weighted by atomic mass is 35.5. The van der Waals surface area contributed by atoms with Crippen LogP contribution < -0.4 is 5.32 Å². The van der Waals surface area contributed by atoms with Gasteiger partial charge in [-0.15, -0.1) is 0 Å². The van der Waals surface area contributed by atoms with E-state index in [1.807, 2.05) is 6.07 Å². The quantitative estimate of drug-likeness (QED) is 0.848. The van der Waals surface area contributed by atoms with Crippen molar-refractivity contribution < 1.29 is 0 Å². The largest absolute Gasteiger partial charge is 0.316 e. The molecule has 0 spiro atoms. The molecule has 2 aliphatic rings. The third-order valence-electron chi connectivity index (χ3n) is 4.83. The molecule has 1 aliphatic carbocycles. The maximum atomic E-state index is 6.21. The summed E-state index contributed by atoms with van der Waals surface area (Å²) < 4.78 is 0. The summed E-state index contributed by atoms with van der Waals surface area (Å²) in [6.45, 7) is 2.31. The Hall–Kier alpha value is -0.240. The van der Waals surface area contributed by atoms with Gasteiger partial charge in [0.25, 0.3) is 0 Å². The molecule has 1 atom stereocenters. The number of benzene rings is 1. The Bertz CT molecular complexity index is 432. The van der Waals surface area contributed by atoms with Gasteiger partial charge in [0.05, 0.1) is 10.0 Å². The van der Waals surface area contributed by atoms with E-state index in [9.17, 15) is 0 Å². The number of nitrogens with one attached hydrogen (secondary N) is 1. The molecule has 1 N–H and O–H groups in total. The smallest absolute Gasteiger partial charge is 0.0595 e. The molecule has 0 radical (unpaired) electrons. The first kappa shape index (κ1) is 12.8. The monoisotopic (exact) mass is 283 g/mol. The molecule has 1 aliphatic heterocycles. The van der Waals surface area contributed by atoms with Gasteiger partial charge in [-0.25, -0.2) is 0 Å². The SMILES string of the molecule is Clc1ccc(C2([C@@H]3CCNC3)CCCC2)cc1Cl.